The van der Waals surface area contributed by atoms with Crippen LogP contribution in [0.4, 0.5) is 30.2 Å². The molecule has 0 aliphatic carbocycles. The second-order valence-corrected chi connectivity index (χ2v) is 22.5. The Balaban J connectivity index is 0.000000234. The van der Waals surface area contributed by atoms with Crippen LogP contribution >= 0.6 is 46.4 Å². The summed E-state index contributed by atoms with van der Waals surface area (Å²) in [6, 6.07) is 19.7. The Morgan fingerprint density at radius 2 is 1.04 bits per heavy atom. The number of hydrogen-bond acceptors (Lipinski definition) is 18. The Bertz CT molecular complexity index is 3950. The molecule has 3 atom stereocenters. The second kappa shape index (κ2) is 37.2. The van der Waals surface area contributed by atoms with Crippen LogP contribution in [0.15, 0.2) is 110 Å². The number of carbonyl (C=O) groups is 4. The zero-order valence-corrected chi connectivity index (χ0v) is 62.0. The largest absolute Gasteiger partial charge is 1.00 e. The SMILES string of the molecule is COc1cc(N2CCN(C(=O)CCl)[C@@H](C)C2)c(F)cc1Cl.COc1cc(N2CCN(C(=O)Cn3cc4cccnc4n3)[C@@H](C)C2)c(F)cc1Cl.COc1cc(N2CCN(C(=O)Cn3ncc4cccnc43)[C@@H](C)C2)c(F)cc1Cl.O=CO[O-].[H-].[K+].[K+].c1cnc2[nH]ncc2c1. The zero-order valence-electron chi connectivity index (χ0n) is 53.8. The van der Waals surface area contributed by atoms with Gasteiger partial charge in [-0.2, -0.15) is 15.3 Å². The maximum absolute atomic E-state index is 14.5. The number of nitrogens with one attached hydrogen (secondary N) is 1. The predicted molar refractivity (Wildman–Crippen MR) is 342 cm³/mol. The number of pyridine rings is 3. The first-order valence-electron chi connectivity index (χ1n) is 28.6. The minimum atomic E-state index is -0.406. The minimum absolute atomic E-state index is 0. The fourth-order valence-corrected chi connectivity index (χ4v) is 11.5. The van der Waals surface area contributed by atoms with E-state index < -0.39 is 17.5 Å². The van der Waals surface area contributed by atoms with E-state index in [0.29, 0.717) is 105 Å². The summed E-state index contributed by atoms with van der Waals surface area (Å²) in [7, 11) is 4.48. The topological polar surface area (TPSA) is 251 Å². The van der Waals surface area contributed by atoms with Crippen molar-refractivity contribution in [3.8, 4) is 17.2 Å². The molecule has 0 radical (unpaired) electrons. The van der Waals surface area contributed by atoms with E-state index in [1.54, 1.807) is 73.2 Å². The fraction of sp³-hybridized carbons (Fsp3) is 0.344. The van der Waals surface area contributed by atoms with Gasteiger partial charge in [0, 0.05) is 136 Å². The van der Waals surface area contributed by atoms with Crippen molar-refractivity contribution < 1.29 is 161 Å². The van der Waals surface area contributed by atoms with E-state index in [-0.39, 0.29) is 181 Å². The van der Waals surface area contributed by atoms with Gasteiger partial charge in [-0.25, -0.2) is 32.8 Å². The maximum Gasteiger partial charge on any atom is 1.00 e. The van der Waals surface area contributed by atoms with Crippen LogP contribution in [0, 0.1) is 17.5 Å². The monoisotopic (exact) mass is 1430 g/mol. The zero-order chi connectivity index (χ0) is 66.2. The van der Waals surface area contributed by atoms with Gasteiger partial charge >= 0.3 is 103 Å². The molecule has 24 nitrogen and oxygen atoms in total. The first-order chi connectivity index (χ1) is 44.3. The van der Waals surface area contributed by atoms with Gasteiger partial charge in [-0.3, -0.25) is 29.0 Å². The molecule has 490 valence electrons. The maximum atomic E-state index is 14.5. The number of halogens is 7. The number of hydrogen-bond donors (Lipinski definition) is 1. The molecule has 3 aliphatic rings. The van der Waals surface area contributed by atoms with Crippen molar-refractivity contribution in [2.45, 2.75) is 52.0 Å². The standard InChI is InChI=1S/2C20H21ClFN5O2.C14H17Cl2FN2O2.C6H5N3.CH2O3.2K.H/c1-13-11-25(17-9-18(29-2)15(21)8-16(17)22)6-7-26(13)19(28)12-27-20-14(10-24-27)4-3-5-23-20;1-13-10-25(17-9-18(29-2)15(21)8-16(17)22)6-7-27(13)19(28)12-26-11-14-4-3-5-23-20(14)24-26;1-9-8-18(3-4-19(9)14(20)7-15)12-6-13(21-2)10(16)5-11(12)17;1-2-5-4-8-9-6(5)7-3-1;2-1-4-3;;;/h3-5,8-10,13H,6-7,11-12H2,1-2H3;3-5,8-9,11,13H,6-7,10,12H2,1-2H3;5-6,9H,3-4,7-8H2,1-2H3;1-4H,(H,7,8,9);1,3H;;;/q;;;;;2*+1;-1/p-1/t2*13-;9-;;;;;/m000...../s1. The number of anilines is 3. The van der Waals surface area contributed by atoms with Gasteiger partial charge in [-0.1, -0.05) is 34.8 Å². The molecule has 9 aromatic rings. The Kier molecular flexibility index (Phi) is 30.6. The summed E-state index contributed by atoms with van der Waals surface area (Å²) in [6.45, 7) is 10.5. The number of benzene rings is 3. The summed E-state index contributed by atoms with van der Waals surface area (Å²) in [5.41, 5.74) is 3.42. The Hall–Kier alpha value is -5.62. The number of carbonyl (C=O) groups excluding carboxylic acids is 4. The minimum Gasteiger partial charge on any atom is -1.00 e. The molecule has 3 amide bonds. The predicted octanol–water partition coefficient (Wildman–Crippen LogP) is 2.22. The van der Waals surface area contributed by atoms with Gasteiger partial charge in [0.2, 0.25) is 17.7 Å². The average molecular weight is 1430 g/mol. The molecular formula is C61H66Cl4F3K2N15O9. The number of H-pyrrole nitrogens is 1. The molecule has 3 aromatic carbocycles. The smallest absolute Gasteiger partial charge is 1.00 e. The number of amides is 3. The first kappa shape index (κ1) is 77.4. The van der Waals surface area contributed by atoms with Gasteiger partial charge in [-0.05, 0) is 75.4 Å². The number of alkyl halides is 1. The van der Waals surface area contributed by atoms with E-state index in [4.69, 9.17) is 70.7 Å². The molecule has 0 spiro atoms. The molecule has 3 saturated heterocycles. The van der Waals surface area contributed by atoms with Crippen molar-refractivity contribution in [3.63, 3.8) is 0 Å². The summed E-state index contributed by atoms with van der Waals surface area (Å²) >= 11 is 23.5. The number of piperazine rings is 3. The van der Waals surface area contributed by atoms with Crippen LogP contribution in [0.25, 0.3) is 33.1 Å². The first-order valence-corrected chi connectivity index (χ1v) is 30.3. The Morgan fingerprint density at radius 3 is 1.47 bits per heavy atom. The third kappa shape index (κ3) is 19.8. The van der Waals surface area contributed by atoms with Crippen molar-refractivity contribution in [1.82, 2.24) is 59.4 Å². The molecule has 3 aliphatic heterocycles. The molecule has 3 fully saturated rings. The molecular weight excluding hydrogens is 1360 g/mol. The molecule has 6 aromatic heterocycles. The average Bonchev–Trinajstić information content (AvgIpc) is 1.85. The normalized spacial score (nSPS) is 15.9. The van der Waals surface area contributed by atoms with Gasteiger partial charge in [-0.15, -0.1) is 11.6 Å². The number of nitrogens with zero attached hydrogens (tertiary/aromatic N) is 14. The summed E-state index contributed by atoms with van der Waals surface area (Å²) in [5.74, 6) is -0.131. The van der Waals surface area contributed by atoms with E-state index in [2.05, 4.69) is 40.2 Å². The molecule has 1 N–H and O–H groups in total. The van der Waals surface area contributed by atoms with Gasteiger partial charge in [0.1, 0.15) is 53.7 Å². The number of rotatable bonds is 12. The molecule has 0 saturated carbocycles. The molecule has 12 rings (SSSR count). The number of aromatic nitrogens is 9. The molecule has 0 unspecified atom stereocenters. The van der Waals surface area contributed by atoms with E-state index >= 15 is 0 Å². The fourth-order valence-electron chi connectivity index (χ4n) is 10.7. The summed E-state index contributed by atoms with van der Waals surface area (Å²) in [6.07, 6.45) is 10.4. The third-order valence-corrected chi connectivity index (χ3v) is 16.3. The van der Waals surface area contributed by atoms with Crippen LogP contribution in [0.2, 0.25) is 15.1 Å². The number of aromatic amines is 1. The van der Waals surface area contributed by atoms with Crippen LogP contribution in [0.5, 0.6) is 17.2 Å². The van der Waals surface area contributed by atoms with Gasteiger partial charge in [0.25, 0.3) is 6.47 Å². The molecule has 94 heavy (non-hydrogen) atoms. The number of fused-ring (bicyclic) bond motifs is 3. The summed E-state index contributed by atoms with van der Waals surface area (Å²) in [5, 5.41) is 27.2. The molecule has 0 bridgehead atoms. The second-order valence-electron chi connectivity index (χ2n) is 21.1. The van der Waals surface area contributed by atoms with Crippen LogP contribution in [0.1, 0.15) is 22.2 Å². The summed E-state index contributed by atoms with van der Waals surface area (Å²) < 4.78 is 61.8. The Morgan fingerprint density at radius 1 is 0.617 bits per heavy atom. The quantitative estimate of drug-likeness (QED) is 0.0605. The van der Waals surface area contributed by atoms with Crippen molar-refractivity contribution in [2.24, 2.45) is 0 Å². The van der Waals surface area contributed by atoms with Gasteiger partial charge in [0.05, 0.1) is 65.9 Å². The van der Waals surface area contributed by atoms with Crippen LogP contribution in [0.3, 0.4) is 0 Å². The van der Waals surface area contributed by atoms with Crippen molar-refractivity contribution in [1.29, 1.82) is 0 Å². The molecule has 33 heteroatoms. The summed E-state index contributed by atoms with van der Waals surface area (Å²) in [4.78, 5) is 72.2. The van der Waals surface area contributed by atoms with Crippen LogP contribution in [-0.2, 0) is 37.2 Å². The number of ether oxygens (including phenoxy) is 3. The Labute approximate surface area is 646 Å². The van der Waals surface area contributed by atoms with E-state index in [0.717, 1.165) is 21.8 Å². The molecule has 9 heterocycles. The van der Waals surface area contributed by atoms with Gasteiger partial charge in [0.15, 0.2) is 16.9 Å². The van der Waals surface area contributed by atoms with Crippen molar-refractivity contribution in [2.75, 3.05) is 101 Å². The van der Waals surface area contributed by atoms with Gasteiger partial charge < -0.3 is 55.2 Å². The van der Waals surface area contributed by atoms with Crippen molar-refractivity contribution in [3.05, 3.63) is 142 Å². The van der Waals surface area contributed by atoms with E-state index in [1.165, 1.54) is 39.5 Å². The van der Waals surface area contributed by atoms with Crippen LogP contribution < -0.4 is 137 Å². The van der Waals surface area contributed by atoms with Crippen LogP contribution in [-0.4, -0.2) is 188 Å². The van der Waals surface area contributed by atoms with E-state index in [9.17, 15) is 27.6 Å². The van der Waals surface area contributed by atoms with Crippen molar-refractivity contribution >= 4 is 121 Å². The number of methoxy groups -OCH3 is 3. The van der Waals surface area contributed by atoms with E-state index in [1.807, 2.05) is 78.1 Å². The third-order valence-electron chi connectivity index (χ3n) is 15.2.